The fourth-order valence-electron chi connectivity index (χ4n) is 2.10. The Morgan fingerprint density at radius 2 is 2.00 bits per heavy atom. The maximum Gasteiger partial charge on any atom is 0.132 e. The van der Waals surface area contributed by atoms with Crippen LogP contribution in [0.5, 0.6) is 5.75 Å². The van der Waals surface area contributed by atoms with Gasteiger partial charge in [0.05, 0.1) is 7.11 Å². The zero-order valence-electron chi connectivity index (χ0n) is 11.0. The van der Waals surface area contributed by atoms with Crippen LogP contribution >= 0.6 is 0 Å². The monoisotopic (exact) mass is 234 g/mol. The zero-order chi connectivity index (χ0) is 12.7. The van der Waals surface area contributed by atoms with Crippen molar-refractivity contribution in [2.75, 3.05) is 7.11 Å². The molecule has 1 aromatic rings. The standard InChI is InChI=1S/C15H22O2/c1-4-12(10-11-13(16)5-2)14-8-6-7-9-15(14)17-3/h6-9,12H,4-5,10-11H2,1-3H3. The Morgan fingerprint density at radius 1 is 1.29 bits per heavy atom. The number of ketones is 1. The van der Waals surface area contributed by atoms with Crippen molar-refractivity contribution in [2.24, 2.45) is 0 Å². The molecule has 0 spiro atoms. The van der Waals surface area contributed by atoms with Crippen molar-refractivity contribution in [1.82, 2.24) is 0 Å². The lowest BCUT2D eigenvalue weighted by Crippen LogP contribution is -2.04. The van der Waals surface area contributed by atoms with E-state index in [4.69, 9.17) is 4.74 Å². The Labute approximate surface area is 104 Å². The van der Waals surface area contributed by atoms with Gasteiger partial charge in [0.25, 0.3) is 0 Å². The fourth-order valence-corrected chi connectivity index (χ4v) is 2.10. The topological polar surface area (TPSA) is 26.3 Å². The second-order valence-corrected chi connectivity index (χ2v) is 4.28. The normalized spacial score (nSPS) is 12.2. The molecule has 0 fully saturated rings. The second kappa shape index (κ2) is 7.10. The predicted octanol–water partition coefficient (Wildman–Crippen LogP) is 3.95. The Bertz CT molecular complexity index is 358. The van der Waals surface area contributed by atoms with Gasteiger partial charge in [-0.05, 0) is 30.4 Å². The average molecular weight is 234 g/mol. The molecule has 0 aromatic heterocycles. The molecule has 2 nitrogen and oxygen atoms in total. The van der Waals surface area contributed by atoms with Gasteiger partial charge in [0, 0.05) is 12.8 Å². The number of methoxy groups -OCH3 is 1. The molecular weight excluding hydrogens is 212 g/mol. The van der Waals surface area contributed by atoms with E-state index in [1.54, 1.807) is 7.11 Å². The number of hydrogen-bond acceptors (Lipinski definition) is 2. The highest BCUT2D eigenvalue weighted by atomic mass is 16.5. The van der Waals surface area contributed by atoms with Crippen molar-refractivity contribution in [2.45, 2.75) is 45.4 Å². The van der Waals surface area contributed by atoms with E-state index < -0.39 is 0 Å². The lowest BCUT2D eigenvalue weighted by atomic mass is 9.90. The Hall–Kier alpha value is -1.31. The third-order valence-electron chi connectivity index (χ3n) is 3.24. The third-order valence-corrected chi connectivity index (χ3v) is 3.24. The van der Waals surface area contributed by atoms with E-state index in [1.807, 2.05) is 25.1 Å². The maximum atomic E-state index is 11.4. The van der Waals surface area contributed by atoms with Gasteiger partial charge < -0.3 is 4.74 Å². The number of carbonyl (C=O) groups excluding carboxylic acids is 1. The largest absolute Gasteiger partial charge is 0.496 e. The highest BCUT2D eigenvalue weighted by Crippen LogP contribution is 2.32. The lowest BCUT2D eigenvalue weighted by molar-refractivity contribution is -0.118. The fraction of sp³-hybridized carbons (Fsp3) is 0.533. The molecule has 0 saturated heterocycles. The van der Waals surface area contributed by atoms with Crippen molar-refractivity contribution >= 4 is 5.78 Å². The molecular formula is C15H22O2. The Kier molecular flexibility index (Phi) is 5.75. The smallest absolute Gasteiger partial charge is 0.132 e. The van der Waals surface area contributed by atoms with Crippen LogP contribution in [0.3, 0.4) is 0 Å². The van der Waals surface area contributed by atoms with E-state index in [2.05, 4.69) is 13.0 Å². The molecule has 0 aliphatic carbocycles. The molecule has 2 heteroatoms. The summed E-state index contributed by atoms with van der Waals surface area (Å²) in [6.45, 7) is 4.08. The summed E-state index contributed by atoms with van der Waals surface area (Å²) < 4.78 is 5.38. The van der Waals surface area contributed by atoms with Gasteiger partial charge in [-0.3, -0.25) is 4.79 Å². The number of benzene rings is 1. The number of carbonyl (C=O) groups is 1. The minimum absolute atomic E-state index is 0.346. The second-order valence-electron chi connectivity index (χ2n) is 4.28. The highest BCUT2D eigenvalue weighted by Gasteiger charge is 2.14. The van der Waals surface area contributed by atoms with E-state index in [1.165, 1.54) is 5.56 Å². The average Bonchev–Trinajstić information content (AvgIpc) is 2.39. The molecule has 0 saturated carbocycles. The van der Waals surface area contributed by atoms with Gasteiger partial charge >= 0.3 is 0 Å². The summed E-state index contributed by atoms with van der Waals surface area (Å²) in [5, 5.41) is 0. The number of hydrogen-bond donors (Lipinski definition) is 0. The Morgan fingerprint density at radius 3 is 2.59 bits per heavy atom. The van der Waals surface area contributed by atoms with E-state index in [0.29, 0.717) is 24.5 Å². The first kappa shape index (κ1) is 13.8. The lowest BCUT2D eigenvalue weighted by Gasteiger charge is -2.17. The van der Waals surface area contributed by atoms with E-state index >= 15 is 0 Å². The van der Waals surface area contributed by atoms with Crippen LogP contribution in [0.15, 0.2) is 24.3 Å². The molecule has 17 heavy (non-hydrogen) atoms. The molecule has 1 atom stereocenters. The third kappa shape index (κ3) is 3.88. The molecule has 94 valence electrons. The molecule has 1 rings (SSSR count). The summed E-state index contributed by atoms with van der Waals surface area (Å²) in [5.74, 6) is 1.70. The quantitative estimate of drug-likeness (QED) is 0.714. The van der Waals surface area contributed by atoms with Crippen LogP contribution in [-0.4, -0.2) is 12.9 Å². The molecule has 0 radical (unpaired) electrons. The van der Waals surface area contributed by atoms with Crippen LogP contribution in [-0.2, 0) is 4.79 Å². The number of Topliss-reactive ketones (excluding diaryl/α,β-unsaturated/α-hetero) is 1. The number of ether oxygens (including phenoxy) is 1. The van der Waals surface area contributed by atoms with Crippen molar-refractivity contribution in [3.05, 3.63) is 29.8 Å². The van der Waals surface area contributed by atoms with Crippen LogP contribution in [0, 0.1) is 0 Å². The van der Waals surface area contributed by atoms with E-state index in [0.717, 1.165) is 18.6 Å². The molecule has 0 aliphatic heterocycles. The van der Waals surface area contributed by atoms with E-state index in [-0.39, 0.29) is 0 Å². The van der Waals surface area contributed by atoms with Crippen LogP contribution in [0.1, 0.15) is 51.0 Å². The summed E-state index contributed by atoms with van der Waals surface area (Å²) in [6, 6.07) is 8.09. The van der Waals surface area contributed by atoms with Gasteiger partial charge in [0.2, 0.25) is 0 Å². The number of para-hydroxylation sites is 1. The van der Waals surface area contributed by atoms with Crippen LogP contribution in [0.25, 0.3) is 0 Å². The maximum absolute atomic E-state index is 11.4. The summed E-state index contributed by atoms with van der Waals surface area (Å²) in [5.41, 5.74) is 1.22. The van der Waals surface area contributed by atoms with Crippen molar-refractivity contribution in [3.63, 3.8) is 0 Å². The summed E-state index contributed by atoms with van der Waals surface area (Å²) >= 11 is 0. The Balaban J connectivity index is 2.75. The van der Waals surface area contributed by atoms with Gasteiger partial charge in [-0.25, -0.2) is 0 Å². The van der Waals surface area contributed by atoms with Crippen molar-refractivity contribution in [1.29, 1.82) is 0 Å². The molecule has 0 amide bonds. The first-order valence-corrected chi connectivity index (χ1v) is 6.37. The first-order chi connectivity index (χ1) is 8.22. The van der Waals surface area contributed by atoms with Gasteiger partial charge in [-0.15, -0.1) is 0 Å². The molecule has 0 heterocycles. The van der Waals surface area contributed by atoms with Gasteiger partial charge in [-0.2, -0.15) is 0 Å². The molecule has 0 bridgehead atoms. The molecule has 1 unspecified atom stereocenters. The van der Waals surface area contributed by atoms with Gasteiger partial charge in [0.1, 0.15) is 11.5 Å². The van der Waals surface area contributed by atoms with Crippen LogP contribution < -0.4 is 4.74 Å². The van der Waals surface area contributed by atoms with Gasteiger partial charge in [-0.1, -0.05) is 32.0 Å². The SMILES string of the molecule is CCC(=O)CCC(CC)c1ccccc1OC. The summed E-state index contributed by atoms with van der Waals surface area (Å²) in [7, 11) is 1.70. The minimum Gasteiger partial charge on any atom is -0.496 e. The van der Waals surface area contributed by atoms with Gasteiger partial charge in [0.15, 0.2) is 0 Å². The number of rotatable bonds is 7. The highest BCUT2D eigenvalue weighted by molar-refractivity contribution is 5.78. The van der Waals surface area contributed by atoms with Crippen molar-refractivity contribution < 1.29 is 9.53 Å². The van der Waals surface area contributed by atoms with Crippen LogP contribution in [0.4, 0.5) is 0 Å². The first-order valence-electron chi connectivity index (χ1n) is 6.37. The predicted molar refractivity (Wildman–Crippen MR) is 70.6 cm³/mol. The zero-order valence-corrected chi connectivity index (χ0v) is 11.0. The molecule has 1 aromatic carbocycles. The van der Waals surface area contributed by atoms with Crippen LogP contribution in [0.2, 0.25) is 0 Å². The minimum atomic E-state index is 0.346. The molecule has 0 aliphatic rings. The van der Waals surface area contributed by atoms with E-state index in [9.17, 15) is 4.79 Å². The van der Waals surface area contributed by atoms with Crippen molar-refractivity contribution in [3.8, 4) is 5.75 Å². The summed E-state index contributed by atoms with van der Waals surface area (Å²) in [6.07, 6.45) is 3.27. The summed E-state index contributed by atoms with van der Waals surface area (Å²) in [4.78, 5) is 11.4. The molecule has 0 N–H and O–H groups in total.